The summed E-state index contributed by atoms with van der Waals surface area (Å²) in [6.45, 7) is 0.368. The average Bonchev–Trinajstić information content (AvgIpc) is 2.57. The van der Waals surface area contributed by atoms with Gasteiger partial charge in [-0.15, -0.1) is 0 Å². The molecule has 0 fully saturated rings. The van der Waals surface area contributed by atoms with Gasteiger partial charge < -0.3 is 9.84 Å². The maximum absolute atomic E-state index is 10.6. The Morgan fingerprint density at radius 1 is 1.21 bits per heavy atom. The molecule has 7 nitrogen and oxygen atoms in total. The largest absolute Gasteiger partial charge is 0.475 e. The summed E-state index contributed by atoms with van der Waals surface area (Å²) < 4.78 is 30.0. The number of nitrogens with zero attached hydrogens (tertiary/aromatic N) is 2. The van der Waals surface area contributed by atoms with Crippen molar-refractivity contribution in [2.24, 2.45) is 0 Å². The number of ether oxygens (including phenoxy) is 1. The molecular weight excluding hydrogens is 398 g/mol. The van der Waals surface area contributed by atoms with E-state index in [1.807, 2.05) is 24.3 Å². The van der Waals surface area contributed by atoms with Gasteiger partial charge in [0, 0.05) is 11.0 Å². The van der Waals surface area contributed by atoms with E-state index in [4.69, 9.17) is 9.84 Å². The summed E-state index contributed by atoms with van der Waals surface area (Å²) in [5, 5.41) is 8.98. The summed E-state index contributed by atoms with van der Waals surface area (Å²) >= 11 is 3.40. The van der Waals surface area contributed by atoms with E-state index in [0.717, 1.165) is 21.3 Å². The van der Waals surface area contributed by atoms with Crippen LogP contribution >= 0.6 is 15.9 Å². The lowest BCUT2D eigenvalue weighted by Crippen LogP contribution is -2.14. The zero-order valence-corrected chi connectivity index (χ0v) is 15.3. The molecule has 0 atom stereocenters. The van der Waals surface area contributed by atoms with Crippen LogP contribution in [-0.4, -0.2) is 43.3 Å². The summed E-state index contributed by atoms with van der Waals surface area (Å²) in [5.41, 5.74) is 2.41. The summed E-state index contributed by atoms with van der Waals surface area (Å²) in [5.74, 6) is 0.402. The van der Waals surface area contributed by atoms with Crippen LogP contribution in [0.15, 0.2) is 35.1 Å². The van der Waals surface area contributed by atoms with Gasteiger partial charge in [0.25, 0.3) is 0 Å². The zero-order chi connectivity index (χ0) is 17.4. The molecule has 0 unspecified atom stereocenters. The van der Waals surface area contributed by atoms with Crippen molar-refractivity contribution >= 4 is 26.8 Å². The van der Waals surface area contributed by atoms with Crippen molar-refractivity contribution in [1.29, 1.82) is 0 Å². The van der Waals surface area contributed by atoms with Crippen LogP contribution in [0.25, 0.3) is 11.1 Å². The highest BCUT2D eigenvalue weighted by Gasteiger charge is 2.15. The summed E-state index contributed by atoms with van der Waals surface area (Å²) in [6.07, 6.45) is 2.58. The monoisotopic (exact) mass is 415 g/mol. The van der Waals surface area contributed by atoms with E-state index in [1.165, 1.54) is 6.33 Å². The van der Waals surface area contributed by atoms with E-state index >= 15 is 0 Å². The SMILES string of the molecule is O=[SH](=O)NCCCc1ncnc(OCCO)c1-c1ccc(Br)cc1. The van der Waals surface area contributed by atoms with Crippen molar-refractivity contribution in [2.75, 3.05) is 19.8 Å². The number of halogens is 1. The Labute approximate surface area is 150 Å². The van der Waals surface area contributed by atoms with Crippen molar-refractivity contribution < 1.29 is 18.3 Å². The van der Waals surface area contributed by atoms with Gasteiger partial charge in [0.2, 0.25) is 16.8 Å². The molecule has 1 heterocycles. The lowest BCUT2D eigenvalue weighted by molar-refractivity contribution is 0.197. The van der Waals surface area contributed by atoms with Gasteiger partial charge in [-0.1, -0.05) is 28.1 Å². The maximum atomic E-state index is 10.6. The van der Waals surface area contributed by atoms with Crippen molar-refractivity contribution in [3.63, 3.8) is 0 Å². The molecule has 0 spiro atoms. The van der Waals surface area contributed by atoms with Crippen LogP contribution in [0.1, 0.15) is 12.1 Å². The molecule has 0 aliphatic carbocycles. The Bertz CT molecular complexity index is 730. The molecule has 0 amide bonds. The number of hydrogen-bond donors (Lipinski definition) is 3. The maximum Gasteiger partial charge on any atom is 0.224 e. The molecule has 130 valence electrons. The third-order valence-electron chi connectivity index (χ3n) is 3.19. The summed E-state index contributed by atoms with van der Waals surface area (Å²) in [7, 11) is -2.59. The number of hydrogen-bond acceptors (Lipinski definition) is 6. The third kappa shape index (κ3) is 5.52. The summed E-state index contributed by atoms with van der Waals surface area (Å²) in [4.78, 5) is 8.48. The van der Waals surface area contributed by atoms with Gasteiger partial charge in [0.1, 0.15) is 12.9 Å². The van der Waals surface area contributed by atoms with Crippen molar-refractivity contribution in [1.82, 2.24) is 14.7 Å². The molecule has 0 bridgehead atoms. The second-order valence-electron chi connectivity index (χ2n) is 4.85. The van der Waals surface area contributed by atoms with Crippen LogP contribution in [0, 0.1) is 0 Å². The smallest absolute Gasteiger partial charge is 0.224 e. The Morgan fingerprint density at radius 2 is 1.96 bits per heavy atom. The lowest BCUT2D eigenvalue weighted by atomic mass is 10.0. The molecular formula is C15H18BrN3O4S. The molecule has 0 aliphatic heterocycles. The van der Waals surface area contributed by atoms with Crippen LogP contribution in [0.2, 0.25) is 0 Å². The van der Waals surface area contributed by atoms with Gasteiger partial charge in [0.15, 0.2) is 0 Å². The fourth-order valence-corrected chi connectivity index (χ4v) is 2.78. The molecule has 24 heavy (non-hydrogen) atoms. The number of rotatable bonds is 9. The number of aryl methyl sites for hydroxylation is 1. The van der Waals surface area contributed by atoms with E-state index in [-0.39, 0.29) is 13.2 Å². The fraction of sp³-hybridized carbons (Fsp3) is 0.333. The molecule has 0 saturated carbocycles. The molecule has 9 heteroatoms. The number of nitrogens with one attached hydrogen (secondary N) is 1. The van der Waals surface area contributed by atoms with Gasteiger partial charge in [-0.25, -0.2) is 23.1 Å². The molecule has 0 radical (unpaired) electrons. The first-order valence-corrected chi connectivity index (χ1v) is 9.30. The first-order chi connectivity index (χ1) is 11.6. The first kappa shape index (κ1) is 18.8. The van der Waals surface area contributed by atoms with Gasteiger partial charge in [-0.2, -0.15) is 0 Å². The number of aromatic nitrogens is 2. The van der Waals surface area contributed by atoms with Gasteiger partial charge in [-0.05, 0) is 30.5 Å². The fourth-order valence-electron chi connectivity index (χ4n) is 2.18. The minimum atomic E-state index is -2.59. The van der Waals surface area contributed by atoms with Gasteiger partial charge in [0.05, 0.1) is 17.9 Å². The van der Waals surface area contributed by atoms with Crippen LogP contribution in [0.3, 0.4) is 0 Å². The predicted molar refractivity (Wildman–Crippen MR) is 94.4 cm³/mol. The zero-order valence-electron chi connectivity index (χ0n) is 12.8. The number of aliphatic hydroxyl groups excluding tert-OH is 1. The minimum Gasteiger partial charge on any atom is -0.475 e. The predicted octanol–water partition coefficient (Wildman–Crippen LogP) is 1.33. The molecule has 2 N–H and O–H groups in total. The molecule has 1 aromatic carbocycles. The Morgan fingerprint density at radius 3 is 2.62 bits per heavy atom. The number of aliphatic hydroxyl groups is 1. The number of benzene rings is 1. The normalized spacial score (nSPS) is 11.0. The van der Waals surface area contributed by atoms with Gasteiger partial charge in [-0.3, -0.25) is 0 Å². The quantitative estimate of drug-likeness (QED) is 0.421. The van der Waals surface area contributed by atoms with Crippen molar-refractivity contribution in [2.45, 2.75) is 12.8 Å². The van der Waals surface area contributed by atoms with Gasteiger partial charge >= 0.3 is 0 Å². The second-order valence-corrected chi connectivity index (χ2v) is 6.59. The van der Waals surface area contributed by atoms with Crippen molar-refractivity contribution in [3.8, 4) is 17.0 Å². The topological polar surface area (TPSA) is 101 Å². The van der Waals surface area contributed by atoms with Crippen LogP contribution in [-0.2, 0) is 17.3 Å². The Balaban J connectivity index is 2.29. The molecule has 0 saturated heterocycles. The van der Waals surface area contributed by atoms with E-state index in [9.17, 15) is 8.42 Å². The molecule has 2 aromatic rings. The van der Waals surface area contributed by atoms with E-state index in [1.54, 1.807) is 0 Å². The highest BCUT2D eigenvalue weighted by Crippen LogP contribution is 2.32. The Kier molecular flexibility index (Phi) is 7.57. The van der Waals surface area contributed by atoms with Crippen LogP contribution in [0.5, 0.6) is 5.88 Å². The lowest BCUT2D eigenvalue weighted by Gasteiger charge is -2.13. The van der Waals surface area contributed by atoms with E-state index in [2.05, 4.69) is 30.6 Å². The average molecular weight is 416 g/mol. The highest BCUT2D eigenvalue weighted by molar-refractivity contribution is 9.10. The van der Waals surface area contributed by atoms with Crippen LogP contribution in [0.4, 0.5) is 0 Å². The summed E-state index contributed by atoms with van der Waals surface area (Å²) in [6, 6.07) is 7.66. The second kappa shape index (κ2) is 9.67. The van der Waals surface area contributed by atoms with Crippen molar-refractivity contribution in [3.05, 3.63) is 40.8 Å². The molecule has 2 rings (SSSR count). The Hall–Kier alpha value is -1.55. The number of thiol groups is 1. The molecule has 1 aromatic heterocycles. The van der Waals surface area contributed by atoms with E-state index < -0.39 is 10.9 Å². The first-order valence-electron chi connectivity index (χ1n) is 7.33. The minimum absolute atomic E-state index is 0.112. The molecule has 0 aliphatic rings. The third-order valence-corrected chi connectivity index (χ3v) is 4.20. The highest BCUT2D eigenvalue weighted by atomic mass is 79.9. The van der Waals surface area contributed by atoms with Crippen LogP contribution < -0.4 is 9.46 Å². The van der Waals surface area contributed by atoms with E-state index in [0.29, 0.717) is 25.3 Å². The standard InChI is InChI=1S/C15H18BrN3O4S/c16-12-5-3-11(4-6-12)14-13(2-1-7-19-24(21)22)17-10-18-15(14)23-9-8-20/h3-6,10,20,24H,1-2,7-9H2,(H,19,21,22).